The van der Waals surface area contributed by atoms with Crippen LogP contribution in [0.4, 0.5) is 10.5 Å². The summed E-state index contributed by atoms with van der Waals surface area (Å²) in [4.78, 5) is 69.3. The van der Waals surface area contributed by atoms with Crippen molar-refractivity contribution in [1.29, 1.82) is 0 Å². The van der Waals surface area contributed by atoms with Gasteiger partial charge in [-0.2, -0.15) is 0 Å². The Morgan fingerprint density at radius 3 is 1.93 bits per heavy atom. The number of methoxy groups -OCH3 is 1. The third-order valence-electron chi connectivity index (χ3n) is 15.3. The van der Waals surface area contributed by atoms with Crippen LogP contribution in [0.5, 0.6) is 0 Å². The van der Waals surface area contributed by atoms with Crippen molar-refractivity contribution in [3.63, 3.8) is 0 Å². The fraction of sp³-hybridized carbons (Fsp3) is 0.519. The maximum absolute atomic E-state index is 14.0. The van der Waals surface area contributed by atoms with E-state index in [1.54, 1.807) is 0 Å². The average molecular weight is 909 g/mol. The van der Waals surface area contributed by atoms with Gasteiger partial charge in [-0.25, -0.2) is 9.78 Å². The lowest BCUT2D eigenvalue weighted by Crippen LogP contribution is -2.55. The molecule has 0 radical (unpaired) electrons. The standard InChI is InChI=1S/C54H68N8O5/c1-31(2)46(56-33(5)63)50(64)61-25-11-13-44(61)48-55-30-43(58-48)35-17-15-34(16-18-35)37-20-21-38(40-29-54(28-39(37)40)23-9-10-24-54)36-19-22-41-42(27-36)57-49(60-53(41,6)7)45-14-12-26-62(45)51(65)47(32(3)4)59-52(66)67-8/h15-22,27,30-32,44-47H,9-14,23-26,28-29H2,1-8H3,(H,55,58)(H,56,63)(H,57,60)(H,59,66). The summed E-state index contributed by atoms with van der Waals surface area (Å²) < 4.78 is 4.87. The van der Waals surface area contributed by atoms with E-state index in [1.807, 2.05) is 43.7 Å². The number of amides is 4. The van der Waals surface area contributed by atoms with Crippen molar-refractivity contribution in [2.24, 2.45) is 22.2 Å². The maximum Gasteiger partial charge on any atom is 0.407 e. The molecule has 1 aromatic heterocycles. The van der Waals surface area contributed by atoms with Gasteiger partial charge in [0.05, 0.1) is 36.6 Å². The van der Waals surface area contributed by atoms with Gasteiger partial charge in [-0.05, 0) is 127 Å². The molecule has 13 nitrogen and oxygen atoms in total. The molecule has 0 bridgehead atoms. The number of amidine groups is 1. The Balaban J connectivity index is 0.978. The minimum absolute atomic E-state index is 0.0273. The number of H-pyrrole nitrogens is 1. The number of aromatic nitrogens is 2. The molecule has 354 valence electrons. The quantitative estimate of drug-likeness (QED) is 0.117. The molecule has 3 aliphatic heterocycles. The summed E-state index contributed by atoms with van der Waals surface area (Å²) in [5.41, 5.74) is 11.7. The predicted octanol–water partition coefficient (Wildman–Crippen LogP) is 9.32. The number of hydrogen-bond acceptors (Lipinski definition) is 8. The summed E-state index contributed by atoms with van der Waals surface area (Å²) in [5, 5.41) is 9.37. The van der Waals surface area contributed by atoms with Gasteiger partial charge in [-0.3, -0.25) is 19.4 Å². The second-order valence-electron chi connectivity index (χ2n) is 21.0. The number of imidazole rings is 1. The van der Waals surface area contributed by atoms with Crippen molar-refractivity contribution in [2.45, 2.75) is 142 Å². The highest BCUT2D eigenvalue weighted by molar-refractivity contribution is 6.05. The largest absolute Gasteiger partial charge is 0.453 e. The molecule has 1 saturated carbocycles. The van der Waals surface area contributed by atoms with Crippen LogP contribution in [0, 0.1) is 17.3 Å². The molecule has 2 saturated heterocycles. The third-order valence-corrected chi connectivity index (χ3v) is 15.3. The number of likely N-dealkylation sites (tertiary alicyclic amines) is 2. The summed E-state index contributed by atoms with van der Waals surface area (Å²) >= 11 is 0. The molecule has 67 heavy (non-hydrogen) atoms. The van der Waals surface area contributed by atoms with E-state index in [0.717, 1.165) is 72.7 Å². The number of fused-ring (bicyclic) bond motifs is 2. The topological polar surface area (TPSA) is 161 Å². The second-order valence-corrected chi connectivity index (χ2v) is 21.0. The SMILES string of the molecule is COC(=O)NC(C(=O)N1CCCC1C1=NC(C)(C)c2ccc(-c3ccc(-c4ccc(-c5cnc(C6CCCN6C(=O)C(NC(C)=O)C(C)C)[nH]5)cc4)c4c3CC3(CCCC3)C4)cc2N1)C(C)C. The molecular formula is C54H68N8O5. The Labute approximate surface area is 395 Å². The molecule has 3 fully saturated rings. The first-order chi connectivity index (χ1) is 32.1. The normalized spacial score (nSPS) is 21.2. The number of ether oxygens (including phenoxy) is 1. The molecule has 3 aromatic carbocycles. The minimum atomic E-state index is -0.699. The van der Waals surface area contributed by atoms with E-state index in [9.17, 15) is 19.2 Å². The molecule has 4 unspecified atom stereocenters. The van der Waals surface area contributed by atoms with E-state index in [0.29, 0.717) is 13.1 Å². The number of aromatic amines is 1. The fourth-order valence-electron chi connectivity index (χ4n) is 11.9. The monoisotopic (exact) mass is 909 g/mol. The third kappa shape index (κ3) is 8.86. The van der Waals surface area contributed by atoms with Gasteiger partial charge in [-0.15, -0.1) is 0 Å². The molecule has 4 atom stereocenters. The Kier molecular flexibility index (Phi) is 12.6. The highest BCUT2D eigenvalue weighted by Gasteiger charge is 2.44. The first kappa shape index (κ1) is 46.1. The van der Waals surface area contributed by atoms with Crippen molar-refractivity contribution < 1.29 is 23.9 Å². The number of rotatable bonds is 11. The van der Waals surface area contributed by atoms with Crippen LogP contribution in [0.25, 0.3) is 33.5 Å². The minimum Gasteiger partial charge on any atom is -0.453 e. The van der Waals surface area contributed by atoms with Gasteiger partial charge in [0.15, 0.2) is 0 Å². The molecule has 4 amide bonds. The van der Waals surface area contributed by atoms with Gasteiger partial charge in [0.25, 0.3) is 0 Å². The molecule has 1 spiro atoms. The van der Waals surface area contributed by atoms with Crippen LogP contribution < -0.4 is 16.0 Å². The summed E-state index contributed by atoms with van der Waals surface area (Å²) in [6.07, 6.45) is 11.8. The highest BCUT2D eigenvalue weighted by atomic mass is 16.5. The number of carbonyl (C=O) groups excluding carboxylic acids is 4. The first-order valence-electron chi connectivity index (χ1n) is 24.6. The lowest BCUT2D eigenvalue weighted by Gasteiger charge is -2.37. The van der Waals surface area contributed by atoms with Gasteiger partial charge < -0.3 is 35.5 Å². The Morgan fingerprint density at radius 1 is 0.746 bits per heavy atom. The van der Waals surface area contributed by atoms with Crippen molar-refractivity contribution >= 4 is 35.3 Å². The number of nitrogens with one attached hydrogen (secondary N) is 4. The Hall–Kier alpha value is -5.98. The van der Waals surface area contributed by atoms with Gasteiger partial charge in [0.1, 0.15) is 23.7 Å². The maximum atomic E-state index is 14.0. The van der Waals surface area contributed by atoms with Crippen molar-refractivity contribution in [3.8, 4) is 33.5 Å². The number of benzene rings is 3. The van der Waals surface area contributed by atoms with Crippen molar-refractivity contribution in [3.05, 3.63) is 83.3 Å². The van der Waals surface area contributed by atoms with Crippen LogP contribution in [-0.4, -0.2) is 87.7 Å². The van der Waals surface area contributed by atoms with Gasteiger partial charge >= 0.3 is 6.09 Å². The number of aliphatic imine (C=N–C) groups is 1. The lowest BCUT2D eigenvalue weighted by atomic mass is 9.82. The summed E-state index contributed by atoms with van der Waals surface area (Å²) in [5.74, 6) is 1.04. The zero-order valence-electron chi connectivity index (χ0n) is 40.6. The molecule has 5 aliphatic rings. The first-order valence-corrected chi connectivity index (χ1v) is 24.6. The van der Waals surface area contributed by atoms with Crippen LogP contribution >= 0.6 is 0 Å². The van der Waals surface area contributed by atoms with E-state index in [4.69, 9.17) is 14.7 Å². The number of carbonyl (C=O) groups is 4. The van der Waals surface area contributed by atoms with Crippen LogP contribution in [0.15, 0.2) is 65.8 Å². The lowest BCUT2D eigenvalue weighted by molar-refractivity contribution is -0.138. The molecule has 2 aliphatic carbocycles. The zero-order chi connectivity index (χ0) is 47.4. The molecule has 4 aromatic rings. The fourth-order valence-corrected chi connectivity index (χ4v) is 11.9. The number of hydrogen-bond donors (Lipinski definition) is 4. The molecule has 13 heteroatoms. The second kappa shape index (κ2) is 18.3. The molecule has 9 rings (SSSR count). The zero-order valence-corrected chi connectivity index (χ0v) is 40.6. The van der Waals surface area contributed by atoms with Crippen LogP contribution in [0.3, 0.4) is 0 Å². The van der Waals surface area contributed by atoms with E-state index < -0.39 is 23.7 Å². The van der Waals surface area contributed by atoms with Gasteiger partial charge in [0, 0.05) is 31.3 Å². The van der Waals surface area contributed by atoms with E-state index in [2.05, 4.69) is 89.4 Å². The van der Waals surface area contributed by atoms with Gasteiger partial charge in [0.2, 0.25) is 17.7 Å². The Morgan fingerprint density at radius 2 is 1.31 bits per heavy atom. The van der Waals surface area contributed by atoms with E-state index in [-0.39, 0.29) is 47.1 Å². The smallest absolute Gasteiger partial charge is 0.407 e. The summed E-state index contributed by atoms with van der Waals surface area (Å²) in [6.45, 7) is 14.8. The Bertz CT molecular complexity index is 2590. The van der Waals surface area contributed by atoms with Crippen molar-refractivity contribution in [2.75, 3.05) is 25.5 Å². The van der Waals surface area contributed by atoms with Crippen molar-refractivity contribution in [1.82, 2.24) is 30.4 Å². The highest BCUT2D eigenvalue weighted by Crippen LogP contribution is 2.53. The summed E-state index contributed by atoms with van der Waals surface area (Å²) in [7, 11) is 1.32. The molecule has 4 heterocycles. The van der Waals surface area contributed by atoms with E-state index in [1.165, 1.54) is 73.1 Å². The van der Waals surface area contributed by atoms with E-state index >= 15 is 0 Å². The number of alkyl carbamates (subject to hydrolysis) is 1. The average Bonchev–Trinajstić information content (AvgIpc) is 4.17. The van der Waals surface area contributed by atoms with Crippen LogP contribution in [0.1, 0.15) is 128 Å². The van der Waals surface area contributed by atoms with Gasteiger partial charge in [-0.1, -0.05) is 89.1 Å². The number of anilines is 1. The predicted molar refractivity (Wildman–Crippen MR) is 262 cm³/mol. The molecule has 4 N–H and O–H groups in total. The van der Waals surface area contributed by atoms with Crippen LogP contribution in [-0.2, 0) is 37.5 Å². The van der Waals surface area contributed by atoms with Crippen LogP contribution in [0.2, 0.25) is 0 Å². The number of nitrogens with zero attached hydrogens (tertiary/aromatic N) is 4. The summed E-state index contributed by atoms with van der Waals surface area (Å²) in [6, 6.07) is 18.6. The molecular weight excluding hydrogens is 841 g/mol.